The van der Waals surface area contributed by atoms with E-state index in [1.807, 2.05) is 0 Å². The van der Waals surface area contributed by atoms with Gasteiger partial charge in [0.25, 0.3) is 0 Å². The van der Waals surface area contributed by atoms with E-state index in [-0.39, 0.29) is 11.3 Å². The zero-order chi connectivity index (χ0) is 13.1. The van der Waals surface area contributed by atoms with Crippen LogP contribution in [0, 0.1) is 11.8 Å². The molecule has 0 aliphatic heterocycles. The zero-order valence-corrected chi connectivity index (χ0v) is 9.27. The van der Waals surface area contributed by atoms with Gasteiger partial charge in [0.05, 0.1) is 16.9 Å². The van der Waals surface area contributed by atoms with Crippen LogP contribution in [-0.2, 0) is 6.18 Å². The molecular weight excluding hydrogens is 253 g/mol. The Morgan fingerprint density at radius 3 is 2.53 bits per heavy atom. The molecule has 0 saturated heterocycles. The number of hydrogen-bond donors (Lipinski definition) is 2. The number of carbonyl (C=O) groups is 1. The van der Waals surface area contributed by atoms with E-state index >= 15 is 0 Å². The number of benzene rings is 1. The Hall–Kier alpha value is -1.61. The highest BCUT2D eigenvalue weighted by Crippen LogP contribution is 2.32. The summed E-state index contributed by atoms with van der Waals surface area (Å²) in [5.74, 6) is 3.40. The molecule has 17 heavy (non-hydrogen) atoms. The van der Waals surface area contributed by atoms with Gasteiger partial charge in [-0.3, -0.25) is 0 Å². The average molecular weight is 260 g/mol. The van der Waals surface area contributed by atoms with Crippen molar-refractivity contribution in [2.45, 2.75) is 6.18 Å². The standard InChI is InChI=1S/C11H7F3O2S/c12-11(13,14)9-6-8(10(15)16)4-3-7(9)2-1-5-17/h3-4,6,17H,5H2,(H,15,16). The summed E-state index contributed by atoms with van der Waals surface area (Å²) in [5, 5.41) is 8.63. The van der Waals surface area contributed by atoms with Gasteiger partial charge in [0.1, 0.15) is 0 Å². The largest absolute Gasteiger partial charge is 0.478 e. The highest BCUT2D eigenvalue weighted by atomic mass is 32.1. The summed E-state index contributed by atoms with van der Waals surface area (Å²) in [6.07, 6.45) is -4.63. The second-order valence-electron chi connectivity index (χ2n) is 3.02. The maximum atomic E-state index is 12.6. The molecule has 0 heterocycles. The molecule has 1 N–H and O–H groups in total. The van der Waals surface area contributed by atoms with Gasteiger partial charge < -0.3 is 5.11 Å². The third-order valence-corrected chi connectivity index (χ3v) is 2.03. The smallest absolute Gasteiger partial charge is 0.417 e. The maximum Gasteiger partial charge on any atom is 0.417 e. The predicted molar refractivity (Wildman–Crippen MR) is 59.1 cm³/mol. The van der Waals surface area contributed by atoms with Gasteiger partial charge in [-0.05, 0) is 18.2 Å². The summed E-state index contributed by atoms with van der Waals surface area (Å²) < 4.78 is 37.9. The van der Waals surface area contributed by atoms with Gasteiger partial charge in [0, 0.05) is 5.56 Å². The van der Waals surface area contributed by atoms with Crippen LogP contribution in [0.15, 0.2) is 18.2 Å². The van der Waals surface area contributed by atoms with Gasteiger partial charge in [0.2, 0.25) is 0 Å². The second-order valence-corrected chi connectivity index (χ2v) is 3.34. The van der Waals surface area contributed by atoms with Gasteiger partial charge in [-0.1, -0.05) is 11.8 Å². The summed E-state index contributed by atoms with van der Waals surface area (Å²) >= 11 is 3.76. The van der Waals surface area contributed by atoms with Gasteiger partial charge in [-0.25, -0.2) is 4.79 Å². The lowest BCUT2D eigenvalue weighted by atomic mass is 10.0. The Kier molecular flexibility index (Phi) is 4.07. The molecule has 90 valence electrons. The molecule has 0 atom stereocenters. The highest BCUT2D eigenvalue weighted by molar-refractivity contribution is 7.80. The van der Waals surface area contributed by atoms with Crippen LogP contribution < -0.4 is 0 Å². The van der Waals surface area contributed by atoms with Gasteiger partial charge in [-0.15, -0.1) is 0 Å². The summed E-state index contributed by atoms with van der Waals surface area (Å²) in [7, 11) is 0. The van der Waals surface area contributed by atoms with E-state index in [0.717, 1.165) is 12.1 Å². The second kappa shape index (κ2) is 5.15. The van der Waals surface area contributed by atoms with Crippen molar-refractivity contribution in [2.75, 3.05) is 5.75 Å². The molecule has 2 nitrogen and oxygen atoms in total. The van der Waals surface area contributed by atoms with Crippen molar-refractivity contribution >= 4 is 18.6 Å². The number of rotatable bonds is 1. The van der Waals surface area contributed by atoms with Crippen molar-refractivity contribution in [2.24, 2.45) is 0 Å². The minimum atomic E-state index is -4.63. The lowest BCUT2D eigenvalue weighted by molar-refractivity contribution is -0.137. The minimum absolute atomic E-state index is 0.123. The summed E-state index contributed by atoms with van der Waals surface area (Å²) in [4.78, 5) is 10.6. The molecule has 1 rings (SSSR count). The molecule has 1 aromatic rings. The fourth-order valence-corrected chi connectivity index (χ4v) is 1.23. The number of hydrogen-bond acceptors (Lipinski definition) is 2. The van der Waals surface area contributed by atoms with E-state index in [4.69, 9.17) is 5.11 Å². The summed E-state index contributed by atoms with van der Waals surface area (Å²) in [6, 6.07) is 2.70. The van der Waals surface area contributed by atoms with Crippen LogP contribution in [0.2, 0.25) is 0 Å². The third kappa shape index (κ3) is 3.43. The first-order valence-electron chi connectivity index (χ1n) is 4.40. The molecule has 0 bridgehead atoms. The van der Waals surface area contributed by atoms with Gasteiger partial charge >= 0.3 is 12.1 Å². The van der Waals surface area contributed by atoms with Crippen LogP contribution in [0.1, 0.15) is 21.5 Å². The lowest BCUT2D eigenvalue weighted by Crippen LogP contribution is -2.10. The molecule has 6 heteroatoms. The van der Waals surface area contributed by atoms with Crippen molar-refractivity contribution in [1.29, 1.82) is 0 Å². The average Bonchev–Trinajstić information content (AvgIpc) is 2.24. The molecule has 0 aliphatic rings. The maximum absolute atomic E-state index is 12.6. The zero-order valence-electron chi connectivity index (χ0n) is 8.38. The van der Waals surface area contributed by atoms with Crippen LogP contribution in [-0.4, -0.2) is 16.8 Å². The summed E-state index contributed by atoms with van der Waals surface area (Å²) in [5.41, 5.74) is -1.73. The first-order chi connectivity index (χ1) is 7.86. The molecule has 0 saturated carbocycles. The number of carboxylic acid groups (broad SMARTS) is 1. The van der Waals surface area contributed by atoms with Crippen molar-refractivity contribution in [3.05, 3.63) is 34.9 Å². The number of halogens is 3. The topological polar surface area (TPSA) is 37.3 Å². The van der Waals surface area contributed by atoms with E-state index in [0.29, 0.717) is 6.07 Å². The van der Waals surface area contributed by atoms with E-state index in [1.165, 1.54) is 0 Å². The Morgan fingerprint density at radius 1 is 1.41 bits per heavy atom. The Labute approximate surface area is 101 Å². The molecule has 0 amide bonds. The lowest BCUT2D eigenvalue weighted by Gasteiger charge is -2.09. The molecule has 0 spiro atoms. The number of carboxylic acids is 1. The highest BCUT2D eigenvalue weighted by Gasteiger charge is 2.33. The molecule has 0 aliphatic carbocycles. The van der Waals surface area contributed by atoms with Crippen LogP contribution in [0.5, 0.6) is 0 Å². The molecule has 0 unspecified atom stereocenters. The van der Waals surface area contributed by atoms with E-state index < -0.39 is 23.3 Å². The molecule has 0 radical (unpaired) electrons. The van der Waals surface area contributed by atoms with E-state index in [2.05, 4.69) is 24.5 Å². The third-order valence-electron chi connectivity index (χ3n) is 1.87. The van der Waals surface area contributed by atoms with Gasteiger partial charge in [0.15, 0.2) is 0 Å². The molecule has 0 aromatic heterocycles. The van der Waals surface area contributed by atoms with Crippen molar-refractivity contribution in [1.82, 2.24) is 0 Å². The Bertz CT molecular complexity index is 498. The monoisotopic (exact) mass is 260 g/mol. The van der Waals surface area contributed by atoms with Crippen molar-refractivity contribution < 1.29 is 23.1 Å². The normalized spacial score (nSPS) is 10.6. The first kappa shape index (κ1) is 13.5. The Morgan fingerprint density at radius 2 is 2.06 bits per heavy atom. The van der Waals surface area contributed by atoms with Gasteiger partial charge in [-0.2, -0.15) is 25.8 Å². The fraction of sp³-hybridized carbons (Fsp3) is 0.182. The van der Waals surface area contributed by atoms with E-state index in [9.17, 15) is 18.0 Å². The fourth-order valence-electron chi connectivity index (χ4n) is 1.16. The number of aromatic carboxylic acids is 1. The van der Waals surface area contributed by atoms with E-state index in [1.54, 1.807) is 0 Å². The van der Waals surface area contributed by atoms with Crippen LogP contribution in [0.25, 0.3) is 0 Å². The quantitative estimate of drug-likeness (QED) is 0.601. The van der Waals surface area contributed by atoms with Crippen LogP contribution >= 0.6 is 12.6 Å². The van der Waals surface area contributed by atoms with Crippen LogP contribution in [0.3, 0.4) is 0 Å². The molecular formula is C11H7F3O2S. The van der Waals surface area contributed by atoms with Crippen molar-refractivity contribution in [3.8, 4) is 11.8 Å². The molecule has 1 aromatic carbocycles. The molecule has 0 fully saturated rings. The Balaban J connectivity index is 3.37. The predicted octanol–water partition coefficient (Wildman–Crippen LogP) is 2.68. The number of alkyl halides is 3. The number of thiol groups is 1. The SMILES string of the molecule is O=C(O)c1ccc(C#CCS)c(C(F)(F)F)c1. The van der Waals surface area contributed by atoms with Crippen molar-refractivity contribution in [3.63, 3.8) is 0 Å². The summed E-state index contributed by atoms with van der Waals surface area (Å²) in [6.45, 7) is 0. The minimum Gasteiger partial charge on any atom is -0.478 e. The van der Waals surface area contributed by atoms with Crippen LogP contribution in [0.4, 0.5) is 13.2 Å². The first-order valence-corrected chi connectivity index (χ1v) is 5.03.